The molecule has 1 fully saturated rings. The van der Waals surface area contributed by atoms with E-state index in [-0.39, 0.29) is 22.6 Å². The highest BCUT2D eigenvalue weighted by Gasteiger charge is 2.26. The van der Waals surface area contributed by atoms with Gasteiger partial charge in [0.15, 0.2) is 0 Å². The molecule has 0 aromatic heterocycles. The van der Waals surface area contributed by atoms with Gasteiger partial charge in [-0.05, 0) is 33.3 Å². The lowest BCUT2D eigenvalue weighted by molar-refractivity contribution is -0.384. The second-order valence-corrected chi connectivity index (χ2v) is 7.57. The minimum absolute atomic E-state index is 0.119. The van der Waals surface area contributed by atoms with Crippen molar-refractivity contribution in [2.75, 3.05) is 26.2 Å². The predicted octanol–water partition coefficient (Wildman–Crippen LogP) is 2.44. The lowest BCUT2D eigenvalue weighted by Crippen LogP contribution is -2.52. The molecule has 2 rings (SSSR count). The molecule has 0 radical (unpaired) electrons. The van der Waals surface area contributed by atoms with Crippen LogP contribution in [-0.2, 0) is 16.1 Å². The van der Waals surface area contributed by atoms with Crippen molar-refractivity contribution < 1.29 is 14.5 Å². The number of esters is 1. The maximum atomic E-state index is 12.0. The Kier molecular flexibility index (Phi) is 6.13. The summed E-state index contributed by atoms with van der Waals surface area (Å²) in [5, 5.41) is 10.9. The summed E-state index contributed by atoms with van der Waals surface area (Å²) in [6.45, 7) is 11.0. The molecule has 0 bridgehead atoms. The van der Waals surface area contributed by atoms with E-state index in [0.717, 1.165) is 25.2 Å². The van der Waals surface area contributed by atoms with Crippen molar-refractivity contribution in [2.45, 2.75) is 45.9 Å². The zero-order chi connectivity index (χ0) is 18.6. The highest BCUT2D eigenvalue weighted by Crippen LogP contribution is 2.18. The summed E-state index contributed by atoms with van der Waals surface area (Å²) >= 11 is 0. The van der Waals surface area contributed by atoms with Crippen LogP contribution < -0.4 is 0 Å². The third-order valence-corrected chi connectivity index (χ3v) is 4.13. The van der Waals surface area contributed by atoms with Crippen LogP contribution >= 0.6 is 0 Å². The fourth-order valence-electron chi connectivity index (χ4n) is 3.01. The van der Waals surface area contributed by atoms with E-state index < -0.39 is 5.60 Å². The van der Waals surface area contributed by atoms with Gasteiger partial charge in [0.25, 0.3) is 5.69 Å². The average Bonchev–Trinajstić information content (AvgIpc) is 2.48. The summed E-state index contributed by atoms with van der Waals surface area (Å²) in [5.41, 5.74) is 0.586. The van der Waals surface area contributed by atoms with Gasteiger partial charge in [-0.2, -0.15) is 0 Å². The Labute approximate surface area is 148 Å². The van der Waals surface area contributed by atoms with Crippen LogP contribution in [0.3, 0.4) is 0 Å². The summed E-state index contributed by atoms with van der Waals surface area (Å²) in [6, 6.07) is 7.02. The van der Waals surface area contributed by atoms with Crippen LogP contribution in [0.5, 0.6) is 0 Å². The number of carbonyl (C=O) groups excluding carboxylic acids is 1. The molecule has 0 aliphatic carbocycles. The van der Waals surface area contributed by atoms with Gasteiger partial charge in [0.2, 0.25) is 0 Å². The second kappa shape index (κ2) is 7.93. The number of hydrogen-bond donors (Lipinski definition) is 0. The summed E-state index contributed by atoms with van der Waals surface area (Å²) < 4.78 is 5.38. The van der Waals surface area contributed by atoms with Gasteiger partial charge >= 0.3 is 5.97 Å². The first-order chi connectivity index (χ1) is 11.6. The van der Waals surface area contributed by atoms with Crippen molar-refractivity contribution >= 4 is 11.7 Å². The third-order valence-electron chi connectivity index (χ3n) is 4.13. The van der Waals surface area contributed by atoms with Gasteiger partial charge in [-0.1, -0.05) is 12.1 Å². The smallest absolute Gasteiger partial charge is 0.320 e. The molecule has 1 aromatic rings. The fourth-order valence-corrected chi connectivity index (χ4v) is 3.01. The topological polar surface area (TPSA) is 75.9 Å². The molecule has 1 aliphatic rings. The number of non-ortho nitro benzene ring substituents is 1. The number of ether oxygens (including phenoxy) is 1. The molecule has 0 amide bonds. The van der Waals surface area contributed by atoms with Gasteiger partial charge in [-0.3, -0.25) is 24.7 Å². The van der Waals surface area contributed by atoms with E-state index in [0.29, 0.717) is 13.1 Å². The van der Waals surface area contributed by atoms with E-state index in [1.54, 1.807) is 12.1 Å². The molecule has 7 heteroatoms. The van der Waals surface area contributed by atoms with Crippen LogP contribution in [0.2, 0.25) is 0 Å². The van der Waals surface area contributed by atoms with Crippen molar-refractivity contribution in [3.8, 4) is 0 Å². The number of hydrogen-bond acceptors (Lipinski definition) is 6. The van der Waals surface area contributed by atoms with Gasteiger partial charge < -0.3 is 4.74 Å². The molecule has 1 atom stereocenters. The van der Waals surface area contributed by atoms with Crippen LogP contribution in [0.25, 0.3) is 0 Å². The van der Waals surface area contributed by atoms with Crippen molar-refractivity contribution in [3.63, 3.8) is 0 Å². The van der Waals surface area contributed by atoms with Gasteiger partial charge in [0.05, 0.1) is 11.5 Å². The maximum Gasteiger partial charge on any atom is 0.320 e. The zero-order valence-corrected chi connectivity index (χ0v) is 15.4. The van der Waals surface area contributed by atoms with Gasteiger partial charge in [-0.25, -0.2) is 0 Å². The molecule has 0 N–H and O–H groups in total. The number of nitro groups is 1. The lowest BCUT2D eigenvalue weighted by atomic mass is 10.1. The van der Waals surface area contributed by atoms with Crippen LogP contribution in [0.1, 0.15) is 33.3 Å². The Morgan fingerprint density at radius 3 is 2.68 bits per heavy atom. The molecule has 7 nitrogen and oxygen atoms in total. The highest BCUT2D eigenvalue weighted by molar-refractivity contribution is 5.72. The largest absolute Gasteiger partial charge is 0.459 e. The number of piperazine rings is 1. The van der Waals surface area contributed by atoms with Crippen LogP contribution in [0.4, 0.5) is 5.69 Å². The molecular weight excluding hydrogens is 322 g/mol. The molecule has 1 saturated heterocycles. The number of benzene rings is 1. The molecule has 25 heavy (non-hydrogen) atoms. The van der Waals surface area contributed by atoms with Crippen molar-refractivity contribution in [1.29, 1.82) is 0 Å². The number of rotatable bonds is 5. The van der Waals surface area contributed by atoms with Gasteiger partial charge in [0, 0.05) is 44.4 Å². The summed E-state index contributed by atoms with van der Waals surface area (Å²) in [5.74, 6) is -0.202. The van der Waals surface area contributed by atoms with Crippen LogP contribution in [0.15, 0.2) is 24.3 Å². The summed E-state index contributed by atoms with van der Waals surface area (Å²) in [6.07, 6.45) is 0. The van der Waals surface area contributed by atoms with E-state index in [4.69, 9.17) is 4.74 Å². The molecule has 0 spiro atoms. The normalized spacial score (nSPS) is 19.6. The summed E-state index contributed by atoms with van der Waals surface area (Å²) in [4.78, 5) is 26.9. The zero-order valence-electron chi connectivity index (χ0n) is 15.4. The Bertz CT molecular complexity index is 627. The first kappa shape index (κ1) is 19.3. The van der Waals surface area contributed by atoms with E-state index in [1.165, 1.54) is 6.07 Å². The maximum absolute atomic E-state index is 12.0. The first-order valence-electron chi connectivity index (χ1n) is 8.55. The molecule has 1 unspecified atom stereocenters. The highest BCUT2D eigenvalue weighted by atomic mass is 16.6. The minimum atomic E-state index is -0.466. The van der Waals surface area contributed by atoms with E-state index in [2.05, 4.69) is 16.7 Å². The van der Waals surface area contributed by atoms with Gasteiger partial charge in [0.1, 0.15) is 5.60 Å². The van der Waals surface area contributed by atoms with Crippen molar-refractivity contribution in [1.82, 2.24) is 9.80 Å². The standard InChI is InChI=1S/C18H27N3O4/c1-14-11-19(13-17(22)25-18(2,3)4)8-9-20(14)12-15-6-5-7-16(10-15)21(23)24/h5-7,10,14H,8-9,11-13H2,1-4H3. The van der Waals surface area contributed by atoms with E-state index in [9.17, 15) is 14.9 Å². The molecule has 0 saturated carbocycles. The average molecular weight is 349 g/mol. The van der Waals surface area contributed by atoms with Crippen molar-refractivity contribution in [3.05, 3.63) is 39.9 Å². The number of nitrogens with zero attached hydrogens (tertiary/aromatic N) is 3. The minimum Gasteiger partial charge on any atom is -0.459 e. The Balaban J connectivity index is 1.88. The Hall–Kier alpha value is -1.99. The van der Waals surface area contributed by atoms with Gasteiger partial charge in [-0.15, -0.1) is 0 Å². The molecular formula is C18H27N3O4. The first-order valence-corrected chi connectivity index (χ1v) is 8.55. The number of carbonyl (C=O) groups is 1. The monoisotopic (exact) mass is 349 g/mol. The Morgan fingerprint density at radius 1 is 1.36 bits per heavy atom. The number of nitro benzene ring substituents is 1. The van der Waals surface area contributed by atoms with E-state index in [1.807, 2.05) is 26.8 Å². The lowest BCUT2D eigenvalue weighted by Gasteiger charge is -2.39. The van der Waals surface area contributed by atoms with Crippen molar-refractivity contribution in [2.24, 2.45) is 0 Å². The molecule has 138 valence electrons. The molecule has 1 aromatic carbocycles. The predicted molar refractivity (Wildman–Crippen MR) is 95.3 cm³/mol. The molecule has 1 heterocycles. The summed E-state index contributed by atoms with van der Waals surface area (Å²) in [7, 11) is 0. The Morgan fingerprint density at radius 2 is 2.08 bits per heavy atom. The van der Waals surface area contributed by atoms with Crippen LogP contribution in [0, 0.1) is 10.1 Å². The third kappa shape index (κ3) is 6.10. The quantitative estimate of drug-likeness (QED) is 0.462. The van der Waals surface area contributed by atoms with Crippen LogP contribution in [-0.4, -0.2) is 58.5 Å². The SMILES string of the molecule is CC1CN(CC(=O)OC(C)(C)C)CCN1Cc1cccc([N+](=O)[O-])c1. The van der Waals surface area contributed by atoms with E-state index >= 15 is 0 Å². The molecule has 1 aliphatic heterocycles. The second-order valence-electron chi connectivity index (χ2n) is 7.57. The fraction of sp³-hybridized carbons (Fsp3) is 0.611.